The summed E-state index contributed by atoms with van der Waals surface area (Å²) in [5.74, 6) is 1.30. The van der Waals surface area contributed by atoms with E-state index in [1.165, 1.54) is 24.8 Å². The van der Waals surface area contributed by atoms with Crippen LogP contribution < -0.4 is 4.74 Å². The van der Waals surface area contributed by atoms with Gasteiger partial charge >= 0.3 is 0 Å². The van der Waals surface area contributed by atoms with Gasteiger partial charge in [0.15, 0.2) is 0 Å². The molecule has 2 atom stereocenters. The molecule has 0 N–H and O–H groups in total. The molecule has 0 amide bonds. The van der Waals surface area contributed by atoms with E-state index in [-0.39, 0.29) is 5.38 Å². The van der Waals surface area contributed by atoms with Gasteiger partial charge in [-0.15, -0.1) is 11.6 Å². The molecule has 1 aliphatic rings. The zero-order valence-corrected chi connectivity index (χ0v) is 10.4. The normalized spacial score (nSPS) is 25.4. The maximum absolute atomic E-state index is 6.38. The maximum atomic E-state index is 6.38. The van der Waals surface area contributed by atoms with Gasteiger partial charge in [-0.1, -0.05) is 12.8 Å². The Morgan fingerprint density at radius 1 is 1.38 bits per heavy atom. The predicted molar refractivity (Wildman–Crippen MR) is 66.3 cm³/mol. The SMILES string of the molecule is CCOc1cncc(C2CCCCC2Cl)c1. The lowest BCUT2D eigenvalue weighted by Gasteiger charge is -2.27. The Morgan fingerprint density at radius 2 is 2.19 bits per heavy atom. The van der Waals surface area contributed by atoms with Crippen LogP contribution in [0.5, 0.6) is 5.75 Å². The molecule has 0 aromatic carbocycles. The van der Waals surface area contributed by atoms with Gasteiger partial charge in [-0.2, -0.15) is 0 Å². The van der Waals surface area contributed by atoms with Gasteiger partial charge in [-0.3, -0.25) is 4.98 Å². The van der Waals surface area contributed by atoms with E-state index >= 15 is 0 Å². The smallest absolute Gasteiger partial charge is 0.137 e. The molecule has 1 aromatic heterocycles. The van der Waals surface area contributed by atoms with E-state index in [9.17, 15) is 0 Å². The molecule has 2 unspecified atom stereocenters. The van der Waals surface area contributed by atoms with E-state index in [1.807, 2.05) is 13.1 Å². The highest BCUT2D eigenvalue weighted by atomic mass is 35.5. The Labute approximate surface area is 102 Å². The number of hydrogen-bond acceptors (Lipinski definition) is 2. The van der Waals surface area contributed by atoms with Gasteiger partial charge in [0.1, 0.15) is 5.75 Å². The van der Waals surface area contributed by atoms with Crippen LogP contribution >= 0.6 is 11.6 Å². The molecule has 0 bridgehead atoms. The van der Waals surface area contributed by atoms with E-state index in [0.29, 0.717) is 12.5 Å². The van der Waals surface area contributed by atoms with E-state index in [1.54, 1.807) is 6.20 Å². The summed E-state index contributed by atoms with van der Waals surface area (Å²) in [6.45, 7) is 2.66. The first-order chi connectivity index (χ1) is 7.81. The highest BCUT2D eigenvalue weighted by Gasteiger charge is 2.25. The Balaban J connectivity index is 2.15. The summed E-state index contributed by atoms with van der Waals surface area (Å²) < 4.78 is 5.47. The predicted octanol–water partition coefficient (Wildman–Crippen LogP) is 3.75. The number of halogens is 1. The van der Waals surface area contributed by atoms with Gasteiger partial charge in [0.2, 0.25) is 0 Å². The monoisotopic (exact) mass is 239 g/mol. The van der Waals surface area contributed by atoms with Gasteiger partial charge in [0, 0.05) is 17.5 Å². The van der Waals surface area contributed by atoms with Crippen molar-refractivity contribution in [3.05, 3.63) is 24.0 Å². The lowest BCUT2D eigenvalue weighted by Crippen LogP contribution is -2.17. The number of alkyl halides is 1. The first-order valence-electron chi connectivity index (χ1n) is 6.03. The highest BCUT2D eigenvalue weighted by molar-refractivity contribution is 6.21. The van der Waals surface area contributed by atoms with Crippen LogP contribution in [0.2, 0.25) is 0 Å². The standard InChI is InChI=1S/C13H18ClNO/c1-2-16-11-7-10(8-15-9-11)12-5-3-4-6-13(12)14/h7-9,12-13H,2-6H2,1H3. The molecule has 2 nitrogen and oxygen atoms in total. The van der Waals surface area contributed by atoms with Crippen molar-refractivity contribution in [2.45, 2.75) is 43.9 Å². The van der Waals surface area contributed by atoms with Crippen LogP contribution in [-0.2, 0) is 0 Å². The minimum absolute atomic E-state index is 0.257. The number of rotatable bonds is 3. The summed E-state index contributed by atoms with van der Waals surface area (Å²) >= 11 is 6.38. The Morgan fingerprint density at radius 3 is 2.94 bits per heavy atom. The second kappa shape index (κ2) is 5.53. The van der Waals surface area contributed by atoms with Crippen LogP contribution in [0.3, 0.4) is 0 Å². The largest absolute Gasteiger partial charge is 0.492 e. The average molecular weight is 240 g/mol. The Bertz CT molecular complexity index is 342. The van der Waals surface area contributed by atoms with Crippen molar-refractivity contribution in [1.29, 1.82) is 0 Å². The Hall–Kier alpha value is -0.760. The molecular weight excluding hydrogens is 222 g/mol. The zero-order valence-electron chi connectivity index (χ0n) is 9.66. The van der Waals surface area contributed by atoms with E-state index in [2.05, 4.69) is 11.1 Å². The number of hydrogen-bond donors (Lipinski definition) is 0. The molecule has 1 aromatic rings. The lowest BCUT2D eigenvalue weighted by molar-refractivity contribution is 0.337. The Kier molecular flexibility index (Phi) is 4.05. The maximum Gasteiger partial charge on any atom is 0.137 e. The summed E-state index contributed by atoms with van der Waals surface area (Å²) in [7, 11) is 0. The average Bonchev–Trinajstić information content (AvgIpc) is 2.30. The third-order valence-electron chi connectivity index (χ3n) is 3.16. The van der Waals surface area contributed by atoms with Crippen molar-refractivity contribution >= 4 is 11.6 Å². The molecule has 3 heteroatoms. The van der Waals surface area contributed by atoms with E-state index in [4.69, 9.17) is 16.3 Å². The van der Waals surface area contributed by atoms with E-state index < -0.39 is 0 Å². The number of aromatic nitrogens is 1. The number of nitrogens with zero attached hydrogens (tertiary/aromatic N) is 1. The summed E-state index contributed by atoms with van der Waals surface area (Å²) in [5.41, 5.74) is 1.23. The quantitative estimate of drug-likeness (QED) is 0.750. The molecule has 0 saturated heterocycles. The first-order valence-corrected chi connectivity index (χ1v) is 6.46. The van der Waals surface area contributed by atoms with Gasteiger partial charge in [0.05, 0.1) is 12.8 Å². The molecule has 1 saturated carbocycles. The van der Waals surface area contributed by atoms with Crippen LogP contribution in [-0.4, -0.2) is 17.0 Å². The van der Waals surface area contributed by atoms with Crippen molar-refractivity contribution in [2.24, 2.45) is 0 Å². The van der Waals surface area contributed by atoms with Crippen molar-refractivity contribution in [1.82, 2.24) is 4.98 Å². The fraction of sp³-hybridized carbons (Fsp3) is 0.615. The molecule has 1 aliphatic carbocycles. The van der Waals surface area contributed by atoms with Crippen molar-refractivity contribution in [3.63, 3.8) is 0 Å². The molecule has 0 radical (unpaired) electrons. The zero-order chi connectivity index (χ0) is 11.4. The second-order valence-corrected chi connectivity index (χ2v) is 4.85. The van der Waals surface area contributed by atoms with Gasteiger partial charge in [-0.05, 0) is 31.4 Å². The fourth-order valence-electron chi connectivity index (χ4n) is 2.35. The van der Waals surface area contributed by atoms with Gasteiger partial charge in [0.25, 0.3) is 0 Å². The molecule has 1 heterocycles. The second-order valence-electron chi connectivity index (χ2n) is 4.29. The molecule has 0 spiro atoms. The van der Waals surface area contributed by atoms with Gasteiger partial charge < -0.3 is 4.74 Å². The van der Waals surface area contributed by atoms with E-state index in [0.717, 1.165) is 12.2 Å². The third-order valence-corrected chi connectivity index (χ3v) is 3.68. The first kappa shape index (κ1) is 11.7. The molecule has 16 heavy (non-hydrogen) atoms. The summed E-state index contributed by atoms with van der Waals surface area (Å²) in [5, 5.41) is 0.257. The summed E-state index contributed by atoms with van der Waals surface area (Å²) in [4.78, 5) is 4.23. The molecule has 0 aliphatic heterocycles. The molecule has 88 valence electrons. The minimum atomic E-state index is 0.257. The van der Waals surface area contributed by atoms with Crippen LogP contribution in [0.15, 0.2) is 18.5 Å². The van der Waals surface area contributed by atoms with Crippen LogP contribution in [0.25, 0.3) is 0 Å². The summed E-state index contributed by atoms with van der Waals surface area (Å²) in [6, 6.07) is 2.09. The summed E-state index contributed by atoms with van der Waals surface area (Å²) in [6.07, 6.45) is 8.50. The molecule has 1 fully saturated rings. The van der Waals surface area contributed by atoms with Crippen molar-refractivity contribution in [3.8, 4) is 5.75 Å². The van der Waals surface area contributed by atoms with Crippen LogP contribution in [0.4, 0.5) is 0 Å². The number of pyridine rings is 1. The van der Waals surface area contributed by atoms with Crippen molar-refractivity contribution in [2.75, 3.05) is 6.61 Å². The topological polar surface area (TPSA) is 22.1 Å². The highest BCUT2D eigenvalue weighted by Crippen LogP contribution is 2.36. The van der Waals surface area contributed by atoms with Crippen LogP contribution in [0.1, 0.15) is 44.1 Å². The lowest BCUT2D eigenvalue weighted by atomic mass is 9.84. The molecule has 2 rings (SSSR count). The fourth-order valence-corrected chi connectivity index (χ4v) is 2.77. The van der Waals surface area contributed by atoms with Crippen LogP contribution in [0, 0.1) is 0 Å². The minimum Gasteiger partial charge on any atom is -0.492 e. The van der Waals surface area contributed by atoms with Gasteiger partial charge in [-0.25, -0.2) is 0 Å². The van der Waals surface area contributed by atoms with Crippen molar-refractivity contribution < 1.29 is 4.74 Å². The number of ether oxygens (including phenoxy) is 1. The molecular formula is C13H18ClNO. The third kappa shape index (κ3) is 2.67.